The standard InChI is InChI=1S/C14H18N2O2/c1-9(2)12-6-10(4-5-13(12)18-3)14-15-7-11(8-17)16-14/h4-7,9,17H,8H2,1-3H3,(H,15,16). The number of aliphatic hydroxyl groups is 1. The number of aromatic nitrogens is 2. The molecule has 0 unspecified atom stereocenters. The van der Waals surface area contributed by atoms with Crippen molar-refractivity contribution in [2.75, 3.05) is 7.11 Å². The van der Waals surface area contributed by atoms with Gasteiger partial charge < -0.3 is 14.8 Å². The van der Waals surface area contributed by atoms with E-state index in [1.54, 1.807) is 13.3 Å². The van der Waals surface area contributed by atoms with Crippen LogP contribution in [-0.2, 0) is 6.61 Å². The van der Waals surface area contributed by atoms with E-state index in [9.17, 15) is 0 Å². The van der Waals surface area contributed by atoms with Crippen molar-refractivity contribution in [2.45, 2.75) is 26.4 Å². The summed E-state index contributed by atoms with van der Waals surface area (Å²) in [4.78, 5) is 7.34. The fraction of sp³-hybridized carbons (Fsp3) is 0.357. The van der Waals surface area contributed by atoms with Crippen LogP contribution in [0, 0.1) is 0 Å². The lowest BCUT2D eigenvalue weighted by Gasteiger charge is -2.12. The highest BCUT2D eigenvalue weighted by molar-refractivity contribution is 5.59. The van der Waals surface area contributed by atoms with Crippen molar-refractivity contribution >= 4 is 0 Å². The second-order valence-electron chi connectivity index (χ2n) is 4.53. The van der Waals surface area contributed by atoms with Crippen molar-refractivity contribution < 1.29 is 9.84 Å². The van der Waals surface area contributed by atoms with Gasteiger partial charge >= 0.3 is 0 Å². The van der Waals surface area contributed by atoms with Crippen molar-refractivity contribution in [2.24, 2.45) is 0 Å². The molecule has 2 N–H and O–H groups in total. The Morgan fingerprint density at radius 1 is 1.39 bits per heavy atom. The van der Waals surface area contributed by atoms with Crippen LogP contribution in [0.1, 0.15) is 31.0 Å². The van der Waals surface area contributed by atoms with Crippen LogP contribution in [0.15, 0.2) is 24.4 Å². The molecule has 4 nitrogen and oxygen atoms in total. The molecule has 4 heteroatoms. The van der Waals surface area contributed by atoms with E-state index in [0.29, 0.717) is 11.6 Å². The van der Waals surface area contributed by atoms with Gasteiger partial charge in [0.15, 0.2) is 0 Å². The zero-order chi connectivity index (χ0) is 13.1. The van der Waals surface area contributed by atoms with E-state index in [-0.39, 0.29) is 6.61 Å². The highest BCUT2D eigenvalue weighted by Crippen LogP contribution is 2.30. The van der Waals surface area contributed by atoms with E-state index in [2.05, 4.69) is 29.9 Å². The summed E-state index contributed by atoms with van der Waals surface area (Å²) in [5, 5.41) is 9.03. The van der Waals surface area contributed by atoms with Crippen LogP contribution < -0.4 is 4.74 Å². The molecule has 0 saturated carbocycles. The molecule has 0 aliphatic carbocycles. The SMILES string of the molecule is COc1ccc(-c2ncc(CO)[nH]2)cc1C(C)C. The Bertz CT molecular complexity index is 532. The third kappa shape index (κ3) is 2.38. The van der Waals surface area contributed by atoms with Crippen molar-refractivity contribution in [3.63, 3.8) is 0 Å². The van der Waals surface area contributed by atoms with Gasteiger partial charge in [0.1, 0.15) is 11.6 Å². The first-order valence-electron chi connectivity index (χ1n) is 5.98. The van der Waals surface area contributed by atoms with E-state index in [1.165, 1.54) is 0 Å². The first-order valence-corrected chi connectivity index (χ1v) is 5.98. The molecular formula is C14H18N2O2. The molecule has 0 fully saturated rings. The maximum atomic E-state index is 9.03. The molecule has 0 spiro atoms. The molecule has 1 aromatic carbocycles. The fourth-order valence-corrected chi connectivity index (χ4v) is 1.92. The molecule has 2 rings (SSSR count). The van der Waals surface area contributed by atoms with Gasteiger partial charge in [-0.3, -0.25) is 0 Å². The number of imidazole rings is 1. The predicted octanol–water partition coefficient (Wildman–Crippen LogP) is 2.70. The monoisotopic (exact) mass is 246 g/mol. The van der Waals surface area contributed by atoms with Gasteiger partial charge in [0.05, 0.1) is 25.6 Å². The average molecular weight is 246 g/mol. The lowest BCUT2D eigenvalue weighted by Crippen LogP contribution is -1.95. The molecule has 2 aromatic rings. The number of rotatable bonds is 4. The van der Waals surface area contributed by atoms with Crippen LogP contribution in [0.2, 0.25) is 0 Å². The molecular weight excluding hydrogens is 228 g/mol. The van der Waals surface area contributed by atoms with Gasteiger partial charge in [-0.25, -0.2) is 4.98 Å². The number of H-pyrrole nitrogens is 1. The first kappa shape index (κ1) is 12.6. The summed E-state index contributed by atoms with van der Waals surface area (Å²) in [6.45, 7) is 4.23. The number of nitrogens with zero attached hydrogens (tertiary/aromatic N) is 1. The Hall–Kier alpha value is -1.81. The predicted molar refractivity (Wildman–Crippen MR) is 70.6 cm³/mol. The van der Waals surface area contributed by atoms with Crippen molar-refractivity contribution in [3.8, 4) is 17.1 Å². The summed E-state index contributed by atoms with van der Waals surface area (Å²) in [6.07, 6.45) is 1.65. The summed E-state index contributed by atoms with van der Waals surface area (Å²) in [5.41, 5.74) is 2.86. The lowest BCUT2D eigenvalue weighted by molar-refractivity contribution is 0.277. The topological polar surface area (TPSA) is 58.1 Å². The molecule has 0 aliphatic rings. The minimum Gasteiger partial charge on any atom is -0.496 e. The van der Waals surface area contributed by atoms with E-state index >= 15 is 0 Å². The number of aromatic amines is 1. The van der Waals surface area contributed by atoms with Crippen molar-refractivity contribution in [1.82, 2.24) is 9.97 Å². The Morgan fingerprint density at radius 3 is 2.72 bits per heavy atom. The Kier molecular flexibility index (Phi) is 3.67. The van der Waals surface area contributed by atoms with E-state index < -0.39 is 0 Å². The minimum absolute atomic E-state index is 0.0276. The smallest absolute Gasteiger partial charge is 0.137 e. The number of nitrogens with one attached hydrogen (secondary N) is 1. The molecule has 0 saturated heterocycles. The summed E-state index contributed by atoms with van der Waals surface area (Å²) in [5.74, 6) is 2.04. The Balaban J connectivity index is 2.42. The normalized spacial score (nSPS) is 10.9. The molecule has 0 atom stereocenters. The molecule has 0 amide bonds. The first-order chi connectivity index (χ1) is 8.65. The number of methoxy groups -OCH3 is 1. The van der Waals surface area contributed by atoms with Gasteiger partial charge in [-0.1, -0.05) is 13.8 Å². The third-order valence-electron chi connectivity index (χ3n) is 2.92. The van der Waals surface area contributed by atoms with Crippen LogP contribution in [-0.4, -0.2) is 22.2 Å². The third-order valence-corrected chi connectivity index (χ3v) is 2.92. The van der Waals surface area contributed by atoms with Gasteiger partial charge in [0, 0.05) is 5.56 Å². The average Bonchev–Trinajstić information content (AvgIpc) is 2.86. The quantitative estimate of drug-likeness (QED) is 0.872. The fourth-order valence-electron chi connectivity index (χ4n) is 1.92. The highest BCUT2D eigenvalue weighted by atomic mass is 16.5. The summed E-state index contributed by atoms with van der Waals surface area (Å²) >= 11 is 0. The minimum atomic E-state index is -0.0276. The second-order valence-corrected chi connectivity index (χ2v) is 4.53. The number of aliphatic hydroxyl groups excluding tert-OH is 1. The molecule has 1 aromatic heterocycles. The maximum Gasteiger partial charge on any atom is 0.137 e. The number of benzene rings is 1. The second kappa shape index (κ2) is 5.23. The van der Waals surface area contributed by atoms with E-state index in [1.807, 2.05) is 12.1 Å². The van der Waals surface area contributed by atoms with Crippen LogP contribution in [0.4, 0.5) is 0 Å². The molecule has 0 aliphatic heterocycles. The van der Waals surface area contributed by atoms with Crippen LogP contribution >= 0.6 is 0 Å². The Labute approximate surface area is 107 Å². The van der Waals surface area contributed by atoms with Crippen LogP contribution in [0.5, 0.6) is 5.75 Å². The van der Waals surface area contributed by atoms with Gasteiger partial charge in [-0.2, -0.15) is 0 Å². The summed E-state index contributed by atoms with van der Waals surface area (Å²) in [7, 11) is 1.68. The lowest BCUT2D eigenvalue weighted by atomic mass is 9.99. The molecule has 0 radical (unpaired) electrons. The summed E-state index contributed by atoms with van der Waals surface area (Å²) in [6, 6.07) is 5.99. The maximum absolute atomic E-state index is 9.03. The zero-order valence-corrected chi connectivity index (χ0v) is 10.9. The number of hydrogen-bond acceptors (Lipinski definition) is 3. The van der Waals surface area contributed by atoms with Gasteiger partial charge in [0.25, 0.3) is 0 Å². The summed E-state index contributed by atoms with van der Waals surface area (Å²) < 4.78 is 5.35. The van der Waals surface area contributed by atoms with Gasteiger partial charge in [0.2, 0.25) is 0 Å². The van der Waals surface area contributed by atoms with Gasteiger partial charge in [-0.05, 0) is 29.7 Å². The van der Waals surface area contributed by atoms with Crippen LogP contribution in [0.25, 0.3) is 11.4 Å². The Morgan fingerprint density at radius 2 is 2.17 bits per heavy atom. The number of ether oxygens (including phenoxy) is 1. The molecule has 1 heterocycles. The van der Waals surface area contributed by atoms with E-state index in [0.717, 1.165) is 22.7 Å². The van der Waals surface area contributed by atoms with Gasteiger partial charge in [-0.15, -0.1) is 0 Å². The molecule has 18 heavy (non-hydrogen) atoms. The van der Waals surface area contributed by atoms with Crippen molar-refractivity contribution in [3.05, 3.63) is 35.7 Å². The van der Waals surface area contributed by atoms with E-state index in [4.69, 9.17) is 9.84 Å². The largest absolute Gasteiger partial charge is 0.496 e. The van der Waals surface area contributed by atoms with Crippen LogP contribution in [0.3, 0.4) is 0 Å². The zero-order valence-electron chi connectivity index (χ0n) is 10.9. The molecule has 96 valence electrons. The highest BCUT2D eigenvalue weighted by Gasteiger charge is 2.10. The number of hydrogen-bond donors (Lipinski definition) is 2. The van der Waals surface area contributed by atoms with Crippen molar-refractivity contribution in [1.29, 1.82) is 0 Å². The molecule has 0 bridgehead atoms.